The molecule has 0 saturated heterocycles. The largest absolute Gasteiger partial charge is 0.477 e. The van der Waals surface area contributed by atoms with E-state index in [0.29, 0.717) is 6.61 Å². The molecular weight excluding hydrogens is 158 g/mol. The Hall–Kier alpha value is -1.42. The van der Waals surface area contributed by atoms with E-state index in [1.165, 1.54) is 12.3 Å². The highest BCUT2D eigenvalue weighted by Gasteiger charge is 2.03. The van der Waals surface area contributed by atoms with Crippen LogP contribution in [-0.4, -0.2) is 23.2 Å². The number of carboxylic acids is 1. The number of ether oxygens (including phenoxy) is 1. The van der Waals surface area contributed by atoms with Gasteiger partial charge in [-0.1, -0.05) is 0 Å². The van der Waals surface area contributed by atoms with Gasteiger partial charge < -0.3 is 9.84 Å². The lowest BCUT2D eigenvalue weighted by atomic mass is 10.2. The van der Waals surface area contributed by atoms with Gasteiger partial charge in [-0.3, -0.25) is 0 Å². The third-order valence-electron chi connectivity index (χ3n) is 1.35. The molecule has 4 heteroatoms. The van der Waals surface area contributed by atoms with Crippen LogP contribution in [0.3, 0.4) is 0 Å². The molecular formula is C8H9NO3. The van der Waals surface area contributed by atoms with Crippen molar-refractivity contribution in [2.45, 2.75) is 6.61 Å². The first kappa shape index (κ1) is 8.67. The molecule has 0 aliphatic heterocycles. The number of carbonyl (C=O) groups is 1. The van der Waals surface area contributed by atoms with Gasteiger partial charge in [0.15, 0.2) is 0 Å². The highest BCUT2D eigenvalue weighted by molar-refractivity contribution is 5.85. The normalized spacial score (nSPS) is 9.75. The minimum atomic E-state index is -1.02. The number of methoxy groups -OCH3 is 1. The smallest absolute Gasteiger partial charge is 0.354 e. The molecule has 0 saturated carbocycles. The van der Waals surface area contributed by atoms with Crippen molar-refractivity contribution in [3.63, 3.8) is 0 Å². The van der Waals surface area contributed by atoms with Gasteiger partial charge in [-0.05, 0) is 17.7 Å². The Kier molecular flexibility index (Phi) is 2.76. The molecule has 0 aliphatic rings. The molecule has 1 aromatic rings. The number of hydrogen-bond acceptors (Lipinski definition) is 3. The maximum absolute atomic E-state index is 10.5. The summed E-state index contributed by atoms with van der Waals surface area (Å²) in [4.78, 5) is 14.1. The second kappa shape index (κ2) is 3.82. The molecule has 0 bridgehead atoms. The zero-order valence-electron chi connectivity index (χ0n) is 6.65. The molecule has 0 aliphatic carbocycles. The van der Waals surface area contributed by atoms with Crippen LogP contribution in [0, 0.1) is 0 Å². The summed E-state index contributed by atoms with van der Waals surface area (Å²) in [7, 11) is 1.56. The van der Waals surface area contributed by atoms with Crippen LogP contribution in [0.25, 0.3) is 0 Å². The molecule has 0 spiro atoms. The van der Waals surface area contributed by atoms with Crippen molar-refractivity contribution < 1.29 is 14.6 Å². The summed E-state index contributed by atoms with van der Waals surface area (Å²) in [6.45, 7) is 0.406. The topological polar surface area (TPSA) is 59.4 Å². The van der Waals surface area contributed by atoms with E-state index in [9.17, 15) is 4.79 Å². The van der Waals surface area contributed by atoms with E-state index in [4.69, 9.17) is 9.84 Å². The summed E-state index contributed by atoms with van der Waals surface area (Å²) < 4.78 is 4.84. The van der Waals surface area contributed by atoms with Gasteiger partial charge in [-0.25, -0.2) is 9.78 Å². The van der Waals surface area contributed by atoms with E-state index < -0.39 is 5.97 Å². The minimum absolute atomic E-state index is 0.0459. The third kappa shape index (κ3) is 2.03. The predicted molar refractivity (Wildman–Crippen MR) is 41.9 cm³/mol. The van der Waals surface area contributed by atoms with Gasteiger partial charge in [0.2, 0.25) is 0 Å². The molecule has 0 atom stereocenters. The molecule has 4 nitrogen and oxygen atoms in total. The lowest BCUT2D eigenvalue weighted by Crippen LogP contribution is -2.01. The number of aromatic nitrogens is 1. The number of rotatable bonds is 3. The Bertz CT molecular complexity index is 285. The van der Waals surface area contributed by atoms with Crippen LogP contribution < -0.4 is 0 Å². The van der Waals surface area contributed by atoms with Gasteiger partial charge in [0.25, 0.3) is 0 Å². The van der Waals surface area contributed by atoms with Gasteiger partial charge in [0.05, 0.1) is 6.61 Å². The van der Waals surface area contributed by atoms with Gasteiger partial charge in [-0.15, -0.1) is 0 Å². The van der Waals surface area contributed by atoms with Crippen LogP contribution in [0.5, 0.6) is 0 Å². The van der Waals surface area contributed by atoms with E-state index in [-0.39, 0.29) is 5.69 Å². The van der Waals surface area contributed by atoms with E-state index in [0.717, 1.165) is 5.56 Å². The molecule has 1 N–H and O–H groups in total. The van der Waals surface area contributed by atoms with Crippen molar-refractivity contribution in [1.82, 2.24) is 4.98 Å². The third-order valence-corrected chi connectivity index (χ3v) is 1.35. The van der Waals surface area contributed by atoms with E-state index in [1.54, 1.807) is 13.2 Å². The monoisotopic (exact) mass is 167 g/mol. The highest BCUT2D eigenvalue weighted by Crippen LogP contribution is 2.02. The molecule has 64 valence electrons. The second-order valence-corrected chi connectivity index (χ2v) is 2.29. The molecule has 0 fully saturated rings. The molecule has 1 aromatic heterocycles. The first-order valence-electron chi connectivity index (χ1n) is 3.41. The summed E-state index contributed by atoms with van der Waals surface area (Å²) in [6.07, 6.45) is 1.46. The zero-order valence-corrected chi connectivity index (χ0v) is 6.65. The maximum atomic E-state index is 10.5. The number of pyridine rings is 1. The second-order valence-electron chi connectivity index (χ2n) is 2.29. The van der Waals surface area contributed by atoms with Crippen LogP contribution in [0.2, 0.25) is 0 Å². The number of hydrogen-bond donors (Lipinski definition) is 1. The predicted octanol–water partition coefficient (Wildman–Crippen LogP) is 0.926. The number of carboxylic acid groups (broad SMARTS) is 1. The average molecular weight is 167 g/mol. The fraction of sp³-hybridized carbons (Fsp3) is 0.250. The Morgan fingerprint density at radius 1 is 1.75 bits per heavy atom. The van der Waals surface area contributed by atoms with Gasteiger partial charge in [0.1, 0.15) is 5.69 Å². The number of nitrogens with zero attached hydrogens (tertiary/aromatic N) is 1. The fourth-order valence-corrected chi connectivity index (χ4v) is 0.848. The van der Waals surface area contributed by atoms with Crippen LogP contribution in [-0.2, 0) is 11.3 Å². The summed E-state index contributed by atoms with van der Waals surface area (Å²) in [6, 6.07) is 3.21. The standard InChI is InChI=1S/C8H9NO3/c1-12-5-6-2-3-9-7(4-6)8(10)11/h2-4H,5H2,1H3,(H,10,11). The average Bonchev–Trinajstić information content (AvgIpc) is 2.05. The summed E-state index contributed by atoms with van der Waals surface area (Å²) in [5, 5.41) is 8.57. The van der Waals surface area contributed by atoms with Crippen molar-refractivity contribution >= 4 is 5.97 Å². The fourth-order valence-electron chi connectivity index (χ4n) is 0.848. The van der Waals surface area contributed by atoms with Gasteiger partial charge in [0, 0.05) is 13.3 Å². The highest BCUT2D eigenvalue weighted by atomic mass is 16.5. The van der Waals surface area contributed by atoms with Gasteiger partial charge in [-0.2, -0.15) is 0 Å². The Labute approximate surface area is 69.8 Å². The molecule has 0 unspecified atom stereocenters. The Balaban J connectivity index is 2.88. The van der Waals surface area contributed by atoms with Crippen molar-refractivity contribution in [1.29, 1.82) is 0 Å². The minimum Gasteiger partial charge on any atom is -0.477 e. The summed E-state index contributed by atoms with van der Waals surface area (Å²) in [5.74, 6) is -1.02. The van der Waals surface area contributed by atoms with E-state index in [1.807, 2.05) is 0 Å². The van der Waals surface area contributed by atoms with Crippen LogP contribution >= 0.6 is 0 Å². The van der Waals surface area contributed by atoms with Crippen LogP contribution in [0.4, 0.5) is 0 Å². The first-order valence-corrected chi connectivity index (χ1v) is 3.41. The molecule has 1 heterocycles. The van der Waals surface area contributed by atoms with Crippen molar-refractivity contribution in [3.8, 4) is 0 Å². The van der Waals surface area contributed by atoms with Crippen LogP contribution in [0.15, 0.2) is 18.3 Å². The van der Waals surface area contributed by atoms with Crippen molar-refractivity contribution in [3.05, 3.63) is 29.6 Å². The Morgan fingerprint density at radius 3 is 3.08 bits per heavy atom. The lowest BCUT2D eigenvalue weighted by Gasteiger charge is -1.99. The maximum Gasteiger partial charge on any atom is 0.354 e. The number of aromatic carboxylic acids is 1. The van der Waals surface area contributed by atoms with E-state index in [2.05, 4.69) is 4.98 Å². The molecule has 0 radical (unpaired) electrons. The van der Waals surface area contributed by atoms with Gasteiger partial charge >= 0.3 is 5.97 Å². The van der Waals surface area contributed by atoms with Crippen LogP contribution in [0.1, 0.15) is 16.1 Å². The molecule has 0 aromatic carbocycles. The quantitative estimate of drug-likeness (QED) is 0.727. The van der Waals surface area contributed by atoms with E-state index >= 15 is 0 Å². The molecule has 1 rings (SSSR count). The lowest BCUT2D eigenvalue weighted by molar-refractivity contribution is 0.0690. The summed E-state index contributed by atoms with van der Waals surface area (Å²) >= 11 is 0. The SMILES string of the molecule is COCc1ccnc(C(=O)O)c1. The first-order chi connectivity index (χ1) is 5.74. The van der Waals surface area contributed by atoms with Crippen molar-refractivity contribution in [2.75, 3.05) is 7.11 Å². The Morgan fingerprint density at radius 2 is 2.50 bits per heavy atom. The van der Waals surface area contributed by atoms with Crippen molar-refractivity contribution in [2.24, 2.45) is 0 Å². The molecule has 0 amide bonds. The molecule has 12 heavy (non-hydrogen) atoms. The summed E-state index contributed by atoms with van der Waals surface area (Å²) in [5.41, 5.74) is 0.856. The zero-order chi connectivity index (χ0) is 8.97.